The van der Waals surface area contributed by atoms with Crippen molar-refractivity contribution in [3.05, 3.63) is 65.2 Å². The van der Waals surface area contributed by atoms with E-state index >= 15 is 0 Å². The van der Waals surface area contributed by atoms with E-state index in [0.717, 1.165) is 12.1 Å². The Bertz CT molecular complexity index is 1470. The maximum absolute atomic E-state index is 14.7. The number of halogens is 7. The number of sulfone groups is 1. The molecule has 15 heteroatoms. The predicted octanol–water partition coefficient (Wildman–Crippen LogP) is 5.91. The van der Waals surface area contributed by atoms with Gasteiger partial charge in [-0.1, -0.05) is 36.4 Å². The average molecular weight is 654 g/mol. The van der Waals surface area contributed by atoms with Gasteiger partial charge in [0.25, 0.3) is 0 Å². The molecule has 0 spiro atoms. The molecule has 1 N–H and O–H groups in total. The Morgan fingerprint density at radius 2 is 1.50 bits per heavy atom. The predicted molar refractivity (Wildman–Crippen MR) is 142 cm³/mol. The highest BCUT2D eigenvalue weighted by molar-refractivity contribution is 7.92. The molecule has 1 aliphatic heterocycles. The molecule has 7 nitrogen and oxygen atoms in total. The Hall–Kier alpha value is -3.20. The quantitative estimate of drug-likeness (QED) is 0.356. The number of carboxylic acid groups (broad SMARTS) is 1. The number of rotatable bonds is 8. The molecule has 1 atom stereocenters. The van der Waals surface area contributed by atoms with Crippen molar-refractivity contribution in [3.63, 3.8) is 0 Å². The number of carboxylic acids is 1. The van der Waals surface area contributed by atoms with Crippen LogP contribution in [0, 0.1) is 11.8 Å². The Morgan fingerprint density at radius 1 is 0.932 bits per heavy atom. The summed E-state index contributed by atoms with van der Waals surface area (Å²) in [6.45, 7) is -0.531. The number of carbonyl (C=O) groups is 2. The number of hydrogen-bond acceptors (Lipinski definition) is 5. The molecule has 44 heavy (non-hydrogen) atoms. The van der Waals surface area contributed by atoms with E-state index in [0.29, 0.717) is 5.56 Å². The summed E-state index contributed by atoms with van der Waals surface area (Å²) in [5.74, 6) is -2.59. The molecule has 0 aromatic heterocycles. The minimum absolute atomic E-state index is 0.0438. The number of hydrogen-bond donors (Lipinski definition) is 1. The summed E-state index contributed by atoms with van der Waals surface area (Å²) in [6, 6.07) is 7.64. The van der Waals surface area contributed by atoms with E-state index < -0.39 is 68.4 Å². The molecule has 1 saturated carbocycles. The standard InChI is InChI=1S/C29H30F7NO6S/c1-43-16-18-3-2-4-23(15-18)44(41,42)26(13-14-37(17-26)24(38)19-5-7-20(8-6-19)25(39)40)21-9-11-22(12-10-21)27(30,28(31,32)33)29(34,35)36/h2-4,9-12,15,19-20H,5-8,13-14,16-17H2,1H3,(H,39,40). The molecular weight excluding hydrogens is 623 g/mol. The number of carbonyl (C=O) groups excluding carboxylic acids is 1. The first-order chi connectivity index (χ1) is 20.4. The van der Waals surface area contributed by atoms with Crippen molar-refractivity contribution in [2.45, 2.75) is 66.4 Å². The van der Waals surface area contributed by atoms with Crippen LogP contribution >= 0.6 is 0 Å². The van der Waals surface area contributed by atoms with Crippen molar-refractivity contribution in [1.82, 2.24) is 4.90 Å². The highest BCUT2D eigenvalue weighted by atomic mass is 32.2. The smallest absolute Gasteiger partial charge is 0.435 e. The van der Waals surface area contributed by atoms with E-state index in [9.17, 15) is 53.8 Å². The van der Waals surface area contributed by atoms with Crippen LogP contribution in [0.15, 0.2) is 53.4 Å². The minimum Gasteiger partial charge on any atom is -0.481 e. The van der Waals surface area contributed by atoms with Crippen LogP contribution in [0.25, 0.3) is 0 Å². The zero-order valence-electron chi connectivity index (χ0n) is 23.4. The molecule has 2 fully saturated rings. The van der Waals surface area contributed by atoms with E-state index in [1.165, 1.54) is 30.2 Å². The van der Waals surface area contributed by atoms with Crippen molar-refractivity contribution in [1.29, 1.82) is 0 Å². The SMILES string of the molecule is COCc1cccc(S(=O)(=O)C2(c3ccc(C(F)(C(F)(F)F)C(F)(F)F)cc3)CCN(C(=O)C3CCC(C(=O)O)CC3)C2)c1. The van der Waals surface area contributed by atoms with Gasteiger partial charge in [0, 0.05) is 31.7 Å². The van der Waals surface area contributed by atoms with Crippen LogP contribution in [0.2, 0.25) is 0 Å². The van der Waals surface area contributed by atoms with Crippen LogP contribution in [-0.4, -0.2) is 62.9 Å². The second kappa shape index (κ2) is 12.0. The minimum atomic E-state index is -6.35. The third-order valence-electron chi connectivity index (χ3n) is 8.59. The Morgan fingerprint density at radius 3 is 2.02 bits per heavy atom. The van der Waals surface area contributed by atoms with Crippen LogP contribution in [-0.2, 0) is 41.2 Å². The fourth-order valence-corrected chi connectivity index (χ4v) is 8.26. The van der Waals surface area contributed by atoms with Crippen LogP contribution < -0.4 is 0 Å². The summed E-state index contributed by atoms with van der Waals surface area (Å²) < 4.78 is 127. The molecule has 1 saturated heterocycles. The van der Waals surface area contributed by atoms with Gasteiger partial charge in [0.2, 0.25) is 5.91 Å². The molecule has 242 valence electrons. The first-order valence-corrected chi connectivity index (χ1v) is 15.1. The molecule has 2 aromatic rings. The van der Waals surface area contributed by atoms with Crippen LogP contribution in [0.4, 0.5) is 30.7 Å². The number of ether oxygens (including phenoxy) is 1. The highest BCUT2D eigenvalue weighted by Gasteiger charge is 2.73. The summed E-state index contributed by atoms with van der Waals surface area (Å²) in [4.78, 5) is 25.9. The molecule has 1 amide bonds. The van der Waals surface area contributed by atoms with Gasteiger partial charge in [-0.25, -0.2) is 12.8 Å². The van der Waals surface area contributed by atoms with Crippen molar-refractivity contribution in [3.8, 4) is 0 Å². The van der Waals surface area contributed by atoms with Crippen LogP contribution in [0.1, 0.15) is 48.8 Å². The summed E-state index contributed by atoms with van der Waals surface area (Å²) in [7, 11) is -3.09. The second-order valence-corrected chi connectivity index (χ2v) is 13.5. The molecular formula is C29H30F7NO6S. The summed E-state index contributed by atoms with van der Waals surface area (Å²) in [5, 5.41) is 9.26. The van der Waals surface area contributed by atoms with E-state index in [1.807, 2.05) is 0 Å². The largest absolute Gasteiger partial charge is 0.481 e. The number of amides is 1. The number of methoxy groups -OCH3 is 1. The average Bonchev–Trinajstić information content (AvgIpc) is 3.43. The summed E-state index contributed by atoms with van der Waals surface area (Å²) in [6.07, 6.45) is -11.9. The number of aliphatic carboxylic acids is 1. The van der Waals surface area contributed by atoms with E-state index in [2.05, 4.69) is 0 Å². The lowest BCUT2D eigenvalue weighted by molar-refractivity contribution is -0.348. The number of likely N-dealkylation sites (tertiary alicyclic amines) is 1. The molecule has 2 aromatic carbocycles. The van der Waals surface area contributed by atoms with Gasteiger partial charge in [-0.3, -0.25) is 9.59 Å². The lowest BCUT2D eigenvalue weighted by atomic mass is 9.81. The summed E-state index contributed by atoms with van der Waals surface area (Å²) >= 11 is 0. The van der Waals surface area contributed by atoms with Gasteiger partial charge >= 0.3 is 24.0 Å². The maximum atomic E-state index is 14.7. The van der Waals surface area contributed by atoms with Gasteiger partial charge in [-0.05, 0) is 55.4 Å². The molecule has 0 bridgehead atoms. The van der Waals surface area contributed by atoms with Crippen molar-refractivity contribution < 1.29 is 58.6 Å². The number of benzene rings is 2. The second-order valence-electron chi connectivity index (χ2n) is 11.2. The van der Waals surface area contributed by atoms with Gasteiger partial charge in [0.1, 0.15) is 4.75 Å². The fraction of sp³-hybridized carbons (Fsp3) is 0.517. The van der Waals surface area contributed by atoms with E-state index in [1.54, 1.807) is 6.07 Å². The zero-order chi connectivity index (χ0) is 32.7. The van der Waals surface area contributed by atoms with Crippen molar-refractivity contribution in [2.24, 2.45) is 11.8 Å². The van der Waals surface area contributed by atoms with Gasteiger partial charge in [0.15, 0.2) is 9.84 Å². The molecule has 1 heterocycles. The topological polar surface area (TPSA) is 101 Å². The molecule has 4 rings (SSSR count). The van der Waals surface area contributed by atoms with Crippen LogP contribution in [0.5, 0.6) is 0 Å². The van der Waals surface area contributed by atoms with Gasteiger partial charge in [0.05, 0.1) is 17.4 Å². The lowest BCUT2D eigenvalue weighted by Crippen LogP contribution is -2.50. The first-order valence-electron chi connectivity index (χ1n) is 13.7. The monoisotopic (exact) mass is 653 g/mol. The maximum Gasteiger partial charge on any atom is 0.435 e. The Balaban J connectivity index is 1.77. The van der Waals surface area contributed by atoms with E-state index in [4.69, 9.17) is 4.74 Å². The first kappa shape index (κ1) is 33.7. The Labute approximate surface area is 248 Å². The molecule has 1 aliphatic carbocycles. The third-order valence-corrected chi connectivity index (χ3v) is 11.1. The van der Waals surface area contributed by atoms with Crippen molar-refractivity contribution >= 4 is 21.7 Å². The Kier molecular flexibility index (Phi) is 9.15. The summed E-state index contributed by atoms with van der Waals surface area (Å²) in [5.41, 5.74) is -7.21. The number of nitrogens with zero attached hydrogens (tertiary/aromatic N) is 1. The lowest BCUT2D eigenvalue weighted by Gasteiger charge is -2.33. The highest BCUT2D eigenvalue weighted by Crippen LogP contribution is 2.54. The van der Waals surface area contributed by atoms with Gasteiger partial charge in [-0.2, -0.15) is 26.3 Å². The zero-order valence-corrected chi connectivity index (χ0v) is 24.2. The van der Waals surface area contributed by atoms with E-state index in [-0.39, 0.29) is 67.8 Å². The van der Waals surface area contributed by atoms with Gasteiger partial charge < -0.3 is 14.7 Å². The van der Waals surface area contributed by atoms with Crippen LogP contribution in [0.3, 0.4) is 0 Å². The third kappa shape index (κ3) is 5.80. The molecule has 0 radical (unpaired) electrons. The normalized spacial score (nSPS) is 23.5. The van der Waals surface area contributed by atoms with Gasteiger partial charge in [-0.15, -0.1) is 0 Å². The molecule has 1 unspecified atom stereocenters. The van der Waals surface area contributed by atoms with Crippen molar-refractivity contribution in [2.75, 3.05) is 20.2 Å². The fourth-order valence-electron chi connectivity index (χ4n) is 6.11. The number of alkyl halides is 7. The molecule has 2 aliphatic rings.